The first kappa shape index (κ1) is 11.3. The van der Waals surface area contributed by atoms with Gasteiger partial charge in [0.25, 0.3) is 0 Å². The molecule has 5 nitrogen and oxygen atoms in total. The van der Waals surface area contributed by atoms with Crippen LogP contribution in [0.15, 0.2) is 30.7 Å². The predicted molar refractivity (Wildman–Crippen MR) is 64.9 cm³/mol. The van der Waals surface area contributed by atoms with Gasteiger partial charge in [0.1, 0.15) is 17.4 Å². The molecule has 0 atom stereocenters. The number of pyridine rings is 1. The number of rotatable bonds is 4. The second-order valence-electron chi connectivity index (χ2n) is 3.58. The average Bonchev–Trinajstić information content (AvgIpc) is 2.37. The molecule has 0 aliphatic rings. The van der Waals surface area contributed by atoms with E-state index in [1.165, 1.54) is 0 Å². The minimum Gasteiger partial charge on any atom is -0.495 e. The van der Waals surface area contributed by atoms with Crippen molar-refractivity contribution in [1.29, 1.82) is 0 Å². The Morgan fingerprint density at radius 1 is 1.35 bits per heavy atom. The number of methoxy groups -OCH3 is 1. The molecule has 1 N–H and O–H groups in total. The highest BCUT2D eigenvalue weighted by Crippen LogP contribution is 2.11. The topological polar surface area (TPSA) is 59.9 Å². The first-order valence-electron chi connectivity index (χ1n) is 5.29. The van der Waals surface area contributed by atoms with Crippen LogP contribution in [-0.4, -0.2) is 22.1 Å². The highest BCUT2D eigenvalue weighted by Gasteiger charge is 1.98. The molecule has 2 rings (SSSR count). The number of hydrogen-bond donors (Lipinski definition) is 1. The molecule has 0 bridgehead atoms. The van der Waals surface area contributed by atoms with Crippen LogP contribution < -0.4 is 10.1 Å². The minimum atomic E-state index is 0.653. The van der Waals surface area contributed by atoms with E-state index in [1.54, 1.807) is 25.7 Å². The largest absolute Gasteiger partial charge is 0.495 e. The molecule has 0 saturated heterocycles. The van der Waals surface area contributed by atoms with Crippen molar-refractivity contribution in [2.75, 3.05) is 12.4 Å². The van der Waals surface area contributed by atoms with E-state index in [9.17, 15) is 0 Å². The number of anilines is 1. The summed E-state index contributed by atoms with van der Waals surface area (Å²) in [5.41, 5.74) is 1.04. The second kappa shape index (κ2) is 5.25. The molecule has 2 heterocycles. The van der Waals surface area contributed by atoms with Crippen LogP contribution >= 0.6 is 0 Å². The zero-order valence-corrected chi connectivity index (χ0v) is 9.84. The molecule has 0 aromatic carbocycles. The smallest absolute Gasteiger partial charge is 0.137 e. The van der Waals surface area contributed by atoms with Crippen LogP contribution in [0.25, 0.3) is 0 Å². The van der Waals surface area contributed by atoms with Crippen molar-refractivity contribution in [1.82, 2.24) is 15.0 Å². The average molecular weight is 230 g/mol. The molecule has 0 unspecified atom stereocenters. The number of ether oxygens (including phenoxy) is 1. The summed E-state index contributed by atoms with van der Waals surface area (Å²) in [5.74, 6) is 2.31. The molecule has 5 heteroatoms. The third-order valence-corrected chi connectivity index (χ3v) is 2.26. The number of aryl methyl sites for hydroxylation is 1. The number of nitrogens with one attached hydrogen (secondary N) is 1. The van der Waals surface area contributed by atoms with Gasteiger partial charge < -0.3 is 10.1 Å². The normalized spacial score (nSPS) is 10.0. The van der Waals surface area contributed by atoms with Crippen LogP contribution in [0, 0.1) is 6.92 Å². The maximum absolute atomic E-state index is 5.11. The molecule has 2 aromatic heterocycles. The zero-order chi connectivity index (χ0) is 12.1. The summed E-state index contributed by atoms with van der Waals surface area (Å²) >= 11 is 0. The molecule has 0 saturated carbocycles. The van der Waals surface area contributed by atoms with E-state index in [0.717, 1.165) is 23.0 Å². The van der Waals surface area contributed by atoms with Gasteiger partial charge in [-0.1, -0.05) is 0 Å². The van der Waals surface area contributed by atoms with Crippen molar-refractivity contribution in [2.24, 2.45) is 0 Å². The Balaban J connectivity index is 2.02. The van der Waals surface area contributed by atoms with Crippen molar-refractivity contribution >= 4 is 5.82 Å². The Hall–Kier alpha value is -2.17. The lowest BCUT2D eigenvalue weighted by molar-refractivity contribution is 0.412. The lowest BCUT2D eigenvalue weighted by atomic mass is 10.3. The monoisotopic (exact) mass is 230 g/mol. The molecule has 0 fully saturated rings. The molecule has 0 spiro atoms. The van der Waals surface area contributed by atoms with Gasteiger partial charge >= 0.3 is 0 Å². The molecule has 17 heavy (non-hydrogen) atoms. The van der Waals surface area contributed by atoms with Crippen LogP contribution in [0.2, 0.25) is 0 Å². The Labute approximate surface area is 99.9 Å². The Kier molecular flexibility index (Phi) is 3.49. The predicted octanol–water partition coefficient (Wildman–Crippen LogP) is 1.80. The maximum Gasteiger partial charge on any atom is 0.137 e. The highest BCUT2D eigenvalue weighted by atomic mass is 16.5. The van der Waals surface area contributed by atoms with Gasteiger partial charge in [-0.15, -0.1) is 0 Å². The lowest BCUT2D eigenvalue weighted by Gasteiger charge is -2.06. The van der Waals surface area contributed by atoms with E-state index >= 15 is 0 Å². The van der Waals surface area contributed by atoms with Crippen molar-refractivity contribution in [3.8, 4) is 5.75 Å². The van der Waals surface area contributed by atoms with Gasteiger partial charge in [0.05, 0.1) is 13.3 Å². The van der Waals surface area contributed by atoms with Crippen molar-refractivity contribution in [2.45, 2.75) is 13.5 Å². The number of nitrogens with zero attached hydrogens (tertiary/aromatic N) is 3. The molecule has 0 aliphatic heterocycles. The first-order chi connectivity index (χ1) is 8.28. The van der Waals surface area contributed by atoms with Gasteiger partial charge in [0.2, 0.25) is 0 Å². The molecule has 0 radical (unpaired) electrons. The van der Waals surface area contributed by atoms with Gasteiger partial charge in [0, 0.05) is 18.9 Å². The summed E-state index contributed by atoms with van der Waals surface area (Å²) < 4.78 is 5.11. The summed E-state index contributed by atoms with van der Waals surface area (Å²) in [6, 6.07) is 3.77. The minimum absolute atomic E-state index is 0.653. The molecular weight excluding hydrogens is 216 g/mol. The van der Waals surface area contributed by atoms with Gasteiger partial charge in [-0.05, 0) is 24.6 Å². The van der Waals surface area contributed by atoms with E-state index in [-0.39, 0.29) is 0 Å². The molecule has 0 amide bonds. The van der Waals surface area contributed by atoms with Crippen LogP contribution in [0.4, 0.5) is 5.82 Å². The van der Waals surface area contributed by atoms with Gasteiger partial charge in [-0.3, -0.25) is 4.98 Å². The quantitative estimate of drug-likeness (QED) is 0.867. The SMILES string of the molecule is COc1cncc(CNc2ccnc(C)n2)c1. The van der Waals surface area contributed by atoms with E-state index in [4.69, 9.17) is 4.74 Å². The van der Waals surface area contributed by atoms with Crippen LogP contribution in [-0.2, 0) is 6.54 Å². The summed E-state index contributed by atoms with van der Waals surface area (Å²) in [6.07, 6.45) is 5.20. The van der Waals surface area contributed by atoms with E-state index in [1.807, 2.05) is 19.1 Å². The van der Waals surface area contributed by atoms with Crippen LogP contribution in [0.3, 0.4) is 0 Å². The second-order valence-corrected chi connectivity index (χ2v) is 3.58. The van der Waals surface area contributed by atoms with Crippen LogP contribution in [0.1, 0.15) is 11.4 Å². The maximum atomic E-state index is 5.11. The van der Waals surface area contributed by atoms with E-state index < -0.39 is 0 Å². The summed E-state index contributed by atoms with van der Waals surface area (Å²) in [5, 5.41) is 3.21. The molecule has 2 aromatic rings. The Morgan fingerprint density at radius 3 is 3.00 bits per heavy atom. The van der Waals surface area contributed by atoms with Crippen molar-refractivity contribution < 1.29 is 4.74 Å². The summed E-state index contributed by atoms with van der Waals surface area (Å²) in [4.78, 5) is 12.4. The standard InChI is InChI=1S/C12H14N4O/c1-9-14-4-3-12(16-9)15-7-10-5-11(17-2)8-13-6-10/h3-6,8H,7H2,1-2H3,(H,14,15,16). The van der Waals surface area contributed by atoms with Crippen LogP contribution in [0.5, 0.6) is 5.75 Å². The van der Waals surface area contributed by atoms with Crippen molar-refractivity contribution in [3.63, 3.8) is 0 Å². The van der Waals surface area contributed by atoms with Gasteiger partial charge in [-0.2, -0.15) is 0 Å². The highest BCUT2D eigenvalue weighted by molar-refractivity contribution is 5.35. The third-order valence-electron chi connectivity index (χ3n) is 2.26. The lowest BCUT2D eigenvalue weighted by Crippen LogP contribution is -2.03. The fourth-order valence-electron chi connectivity index (χ4n) is 1.42. The molecular formula is C12H14N4O. The van der Waals surface area contributed by atoms with Gasteiger partial charge in [-0.25, -0.2) is 9.97 Å². The fourth-order valence-corrected chi connectivity index (χ4v) is 1.42. The Bertz CT molecular complexity index is 501. The van der Waals surface area contributed by atoms with E-state index in [2.05, 4.69) is 20.3 Å². The number of aromatic nitrogens is 3. The first-order valence-corrected chi connectivity index (χ1v) is 5.29. The fraction of sp³-hybridized carbons (Fsp3) is 0.250. The van der Waals surface area contributed by atoms with Crippen molar-refractivity contribution in [3.05, 3.63) is 42.1 Å². The summed E-state index contributed by atoms with van der Waals surface area (Å²) in [7, 11) is 1.63. The summed E-state index contributed by atoms with van der Waals surface area (Å²) in [6.45, 7) is 2.51. The molecule has 0 aliphatic carbocycles. The Morgan fingerprint density at radius 2 is 2.24 bits per heavy atom. The third kappa shape index (κ3) is 3.14. The van der Waals surface area contributed by atoms with E-state index in [0.29, 0.717) is 6.54 Å². The zero-order valence-electron chi connectivity index (χ0n) is 9.84. The van der Waals surface area contributed by atoms with Gasteiger partial charge in [0.15, 0.2) is 0 Å². The number of hydrogen-bond acceptors (Lipinski definition) is 5. The molecule has 88 valence electrons.